The Morgan fingerprint density at radius 1 is 0.950 bits per heavy atom. The fourth-order valence-corrected chi connectivity index (χ4v) is 2.67. The molecule has 2 rings (SSSR count). The van der Waals surface area contributed by atoms with E-state index in [0.717, 1.165) is 11.1 Å². The van der Waals surface area contributed by atoms with Crippen molar-refractivity contribution in [3.05, 3.63) is 68.4 Å². The number of rotatable bonds is 4. The maximum absolute atomic E-state index is 13.0. The lowest BCUT2D eigenvalue weighted by atomic mass is 9.99. The molecule has 0 saturated heterocycles. The molecule has 0 aromatic heterocycles. The van der Waals surface area contributed by atoms with E-state index < -0.39 is 0 Å². The van der Waals surface area contributed by atoms with Crippen LogP contribution >= 0.6 is 34.8 Å². The number of benzene rings is 2. The van der Waals surface area contributed by atoms with Gasteiger partial charge in [-0.05, 0) is 42.2 Å². The van der Waals surface area contributed by atoms with Crippen molar-refractivity contribution in [1.82, 2.24) is 0 Å². The van der Waals surface area contributed by atoms with Crippen LogP contribution in [-0.4, -0.2) is 6.04 Å². The summed E-state index contributed by atoms with van der Waals surface area (Å²) in [7, 11) is 0. The Kier molecular flexibility index (Phi) is 5.28. The van der Waals surface area contributed by atoms with Gasteiger partial charge in [0.25, 0.3) is 0 Å². The van der Waals surface area contributed by atoms with Gasteiger partial charge in [-0.3, -0.25) is 0 Å². The van der Waals surface area contributed by atoms with E-state index in [4.69, 9.17) is 40.5 Å². The zero-order chi connectivity index (χ0) is 14.7. The summed E-state index contributed by atoms with van der Waals surface area (Å²) >= 11 is 18.1. The van der Waals surface area contributed by atoms with Gasteiger partial charge in [-0.2, -0.15) is 0 Å². The first-order valence-electron chi connectivity index (χ1n) is 6.09. The Hall–Kier alpha value is -0.800. The maximum Gasteiger partial charge on any atom is 0.124 e. The number of nitrogens with two attached hydrogens (primary N) is 1. The molecule has 0 aliphatic rings. The van der Waals surface area contributed by atoms with Crippen molar-refractivity contribution < 1.29 is 4.39 Å². The van der Waals surface area contributed by atoms with Crippen LogP contribution in [0.5, 0.6) is 0 Å². The molecule has 0 fully saturated rings. The summed E-state index contributed by atoms with van der Waals surface area (Å²) in [6.07, 6.45) is 1.12. The molecular weight excluding hydrogens is 320 g/mol. The van der Waals surface area contributed by atoms with E-state index in [9.17, 15) is 4.39 Å². The first-order chi connectivity index (χ1) is 9.47. The van der Waals surface area contributed by atoms with Crippen molar-refractivity contribution in [2.75, 3.05) is 0 Å². The Bertz CT molecular complexity index is 616. The van der Waals surface area contributed by atoms with Crippen molar-refractivity contribution in [3.8, 4) is 0 Å². The molecule has 1 unspecified atom stereocenters. The van der Waals surface area contributed by atoms with Crippen LogP contribution in [0.4, 0.5) is 4.39 Å². The van der Waals surface area contributed by atoms with E-state index >= 15 is 0 Å². The van der Waals surface area contributed by atoms with Gasteiger partial charge >= 0.3 is 0 Å². The van der Waals surface area contributed by atoms with Gasteiger partial charge in [0.05, 0.1) is 10.0 Å². The molecule has 1 atom stereocenters. The molecule has 0 spiro atoms. The molecule has 2 aromatic carbocycles. The molecular formula is C15H13Cl3FN. The molecule has 106 valence electrons. The normalized spacial score (nSPS) is 12.4. The second-order valence-corrected chi connectivity index (χ2v) is 5.81. The van der Waals surface area contributed by atoms with Gasteiger partial charge in [-0.1, -0.05) is 53.0 Å². The van der Waals surface area contributed by atoms with Gasteiger partial charge in [0.2, 0.25) is 0 Å². The lowest BCUT2D eigenvalue weighted by molar-refractivity contribution is 0.623. The van der Waals surface area contributed by atoms with Crippen LogP contribution in [0.1, 0.15) is 11.1 Å². The van der Waals surface area contributed by atoms with Crippen molar-refractivity contribution in [2.24, 2.45) is 5.73 Å². The van der Waals surface area contributed by atoms with E-state index in [0.29, 0.717) is 27.9 Å². The van der Waals surface area contributed by atoms with Gasteiger partial charge in [0.15, 0.2) is 0 Å². The van der Waals surface area contributed by atoms with Crippen LogP contribution in [-0.2, 0) is 12.8 Å². The Balaban J connectivity index is 2.09. The minimum absolute atomic E-state index is 0.172. The summed E-state index contributed by atoms with van der Waals surface area (Å²) in [5.74, 6) is -0.356. The fourth-order valence-electron chi connectivity index (χ4n) is 2.03. The standard InChI is InChI=1S/C15H13Cl3FN/c16-13-3-1-2-10(15(13)18)7-12(20)6-9-4-5-11(19)8-14(9)17/h1-5,8,12H,6-7,20H2. The molecule has 0 aliphatic carbocycles. The summed E-state index contributed by atoms with van der Waals surface area (Å²) in [6, 6.07) is 9.60. The van der Waals surface area contributed by atoms with Crippen LogP contribution in [0, 0.1) is 5.82 Å². The third-order valence-corrected chi connectivity index (χ3v) is 4.22. The Morgan fingerprint density at radius 2 is 1.65 bits per heavy atom. The number of halogens is 4. The largest absolute Gasteiger partial charge is 0.327 e. The van der Waals surface area contributed by atoms with E-state index in [1.165, 1.54) is 12.1 Å². The molecule has 20 heavy (non-hydrogen) atoms. The molecule has 0 heterocycles. The van der Waals surface area contributed by atoms with Gasteiger partial charge in [-0.25, -0.2) is 4.39 Å². The third kappa shape index (κ3) is 3.86. The van der Waals surface area contributed by atoms with Crippen LogP contribution in [0.25, 0.3) is 0 Å². The topological polar surface area (TPSA) is 26.0 Å². The smallest absolute Gasteiger partial charge is 0.124 e. The summed E-state index contributed by atoms with van der Waals surface area (Å²) in [4.78, 5) is 0. The highest BCUT2D eigenvalue weighted by Gasteiger charge is 2.12. The van der Waals surface area contributed by atoms with Crippen molar-refractivity contribution in [3.63, 3.8) is 0 Å². The zero-order valence-corrected chi connectivity index (χ0v) is 12.8. The molecule has 0 radical (unpaired) electrons. The summed E-state index contributed by atoms with van der Waals surface area (Å²) < 4.78 is 13.0. The summed E-state index contributed by atoms with van der Waals surface area (Å²) in [5, 5.41) is 1.42. The second-order valence-electron chi connectivity index (χ2n) is 4.62. The minimum atomic E-state index is -0.356. The van der Waals surface area contributed by atoms with Gasteiger partial charge < -0.3 is 5.73 Å². The predicted octanol–water partition coefficient (Wildman–Crippen LogP) is 4.90. The number of hydrogen-bond acceptors (Lipinski definition) is 1. The van der Waals surface area contributed by atoms with Crippen LogP contribution in [0.3, 0.4) is 0 Å². The van der Waals surface area contributed by atoms with Crippen molar-refractivity contribution >= 4 is 34.8 Å². The summed E-state index contributed by atoms with van der Waals surface area (Å²) in [6.45, 7) is 0. The first kappa shape index (κ1) is 15.6. The lowest BCUT2D eigenvalue weighted by Crippen LogP contribution is -2.25. The highest BCUT2D eigenvalue weighted by atomic mass is 35.5. The zero-order valence-electron chi connectivity index (χ0n) is 10.5. The highest BCUT2D eigenvalue weighted by Crippen LogP contribution is 2.27. The van der Waals surface area contributed by atoms with Crippen molar-refractivity contribution in [2.45, 2.75) is 18.9 Å². The van der Waals surface area contributed by atoms with E-state index in [-0.39, 0.29) is 11.9 Å². The fraction of sp³-hybridized carbons (Fsp3) is 0.200. The molecule has 0 saturated carbocycles. The van der Waals surface area contributed by atoms with Gasteiger partial charge in [0.1, 0.15) is 5.82 Å². The van der Waals surface area contributed by atoms with Crippen LogP contribution in [0.2, 0.25) is 15.1 Å². The molecule has 2 aromatic rings. The quantitative estimate of drug-likeness (QED) is 0.847. The van der Waals surface area contributed by atoms with Crippen molar-refractivity contribution in [1.29, 1.82) is 0 Å². The monoisotopic (exact) mass is 331 g/mol. The Labute approximate surface area is 132 Å². The predicted molar refractivity (Wildman–Crippen MR) is 83.3 cm³/mol. The summed E-state index contributed by atoms with van der Waals surface area (Å²) in [5.41, 5.74) is 7.82. The Morgan fingerprint density at radius 3 is 2.35 bits per heavy atom. The van der Waals surface area contributed by atoms with Gasteiger partial charge in [0, 0.05) is 11.1 Å². The first-order valence-corrected chi connectivity index (χ1v) is 7.23. The highest BCUT2D eigenvalue weighted by molar-refractivity contribution is 6.42. The minimum Gasteiger partial charge on any atom is -0.327 e. The lowest BCUT2D eigenvalue weighted by Gasteiger charge is -2.14. The van der Waals surface area contributed by atoms with Crippen LogP contribution in [0.15, 0.2) is 36.4 Å². The molecule has 2 N–H and O–H groups in total. The van der Waals surface area contributed by atoms with Gasteiger partial charge in [-0.15, -0.1) is 0 Å². The van der Waals surface area contributed by atoms with E-state index in [1.807, 2.05) is 12.1 Å². The molecule has 5 heteroatoms. The average molecular weight is 333 g/mol. The molecule has 1 nitrogen and oxygen atoms in total. The maximum atomic E-state index is 13.0. The van der Waals surface area contributed by atoms with Crippen LogP contribution < -0.4 is 5.73 Å². The number of hydrogen-bond donors (Lipinski definition) is 1. The third-order valence-electron chi connectivity index (χ3n) is 3.01. The molecule has 0 bridgehead atoms. The average Bonchev–Trinajstić information content (AvgIpc) is 2.38. The molecule has 0 aliphatic heterocycles. The SMILES string of the molecule is NC(Cc1ccc(F)cc1Cl)Cc1cccc(Cl)c1Cl. The van der Waals surface area contributed by atoms with E-state index in [2.05, 4.69) is 0 Å². The molecule has 0 amide bonds. The van der Waals surface area contributed by atoms with E-state index in [1.54, 1.807) is 12.1 Å². The second kappa shape index (κ2) is 6.77.